The summed E-state index contributed by atoms with van der Waals surface area (Å²) in [5.74, 6) is -3.89. The molecule has 2 spiro atoms. The molecule has 8 nitrogen and oxygen atoms in total. The molecule has 4 bridgehead atoms. The van der Waals surface area contributed by atoms with Gasteiger partial charge >= 0.3 is 0 Å². The number of allylic oxidation sites excluding steroid dienone is 2. The molecule has 5 fully saturated rings. The smallest absolute Gasteiger partial charge is 0.208 e. The summed E-state index contributed by atoms with van der Waals surface area (Å²) >= 11 is 0. The van der Waals surface area contributed by atoms with Crippen molar-refractivity contribution >= 4 is 5.78 Å². The summed E-state index contributed by atoms with van der Waals surface area (Å²) in [7, 11) is 0. The highest BCUT2D eigenvalue weighted by molar-refractivity contribution is 6.05. The third-order valence-electron chi connectivity index (χ3n) is 10.3. The van der Waals surface area contributed by atoms with Gasteiger partial charge in [0.2, 0.25) is 5.79 Å². The van der Waals surface area contributed by atoms with Gasteiger partial charge in [-0.05, 0) is 29.7 Å². The van der Waals surface area contributed by atoms with E-state index in [1.165, 1.54) is 0 Å². The van der Waals surface area contributed by atoms with E-state index in [0.717, 1.165) is 11.3 Å². The fraction of sp³-hybridized carbons (Fsp3) is 0.536. The van der Waals surface area contributed by atoms with Crippen LogP contribution in [0.3, 0.4) is 0 Å². The standard InChI is InChI=1S/C28H31N3O5/c1-15-17-9-10-19-26-14-36-28(35,27(19,22(15)32)23(17)33)24(34)21(26)25(2,3)12-11-20(26)31-13-18(29-30-31)16-7-5-4-6-8-16/h4-8,11-13,17,19-21,23-24,33-35H,1,9-10,14H2,2-3H3/t17-,19-,20-,21+,23+,24-,26+,27-,28+/m0/s1. The molecule has 4 aliphatic carbocycles. The van der Waals surface area contributed by atoms with Crippen LogP contribution in [0.25, 0.3) is 11.3 Å². The summed E-state index contributed by atoms with van der Waals surface area (Å²) in [6, 6.07) is 9.38. The third-order valence-corrected chi connectivity index (χ3v) is 10.3. The van der Waals surface area contributed by atoms with Gasteiger partial charge in [0.25, 0.3) is 0 Å². The summed E-state index contributed by atoms with van der Waals surface area (Å²) in [5.41, 5.74) is -0.997. The zero-order valence-corrected chi connectivity index (χ0v) is 20.4. The number of nitrogens with zero attached hydrogens (tertiary/aromatic N) is 3. The number of ketones is 1. The largest absolute Gasteiger partial charge is 0.391 e. The number of hydrogen-bond acceptors (Lipinski definition) is 7. The molecule has 0 unspecified atom stereocenters. The van der Waals surface area contributed by atoms with Crippen LogP contribution in [0.15, 0.2) is 60.8 Å². The van der Waals surface area contributed by atoms with Crippen LogP contribution in [0.4, 0.5) is 0 Å². The van der Waals surface area contributed by atoms with Gasteiger partial charge in [-0.15, -0.1) is 5.10 Å². The van der Waals surface area contributed by atoms with Gasteiger partial charge in [-0.25, -0.2) is 4.68 Å². The molecule has 2 aromatic rings. The highest BCUT2D eigenvalue weighted by Gasteiger charge is 2.86. The van der Waals surface area contributed by atoms with Crippen molar-refractivity contribution in [3.05, 3.63) is 60.8 Å². The number of hydrogen-bond donors (Lipinski definition) is 3. The van der Waals surface area contributed by atoms with Crippen molar-refractivity contribution in [1.29, 1.82) is 0 Å². The fourth-order valence-electron chi connectivity index (χ4n) is 8.96. The Bertz CT molecular complexity index is 1320. The minimum atomic E-state index is -2.19. The van der Waals surface area contributed by atoms with Crippen molar-refractivity contribution in [2.45, 2.75) is 50.7 Å². The molecule has 1 aromatic heterocycles. The first-order valence-electron chi connectivity index (χ1n) is 12.7. The molecule has 188 valence electrons. The summed E-state index contributed by atoms with van der Waals surface area (Å²) < 4.78 is 7.94. The SMILES string of the molecule is C=C1C(=O)[C@]23[C@H](O)[C@H]1CC[C@H]2[C@@]12CO[C@]3(O)[C@@H](O)[C@@H]1C(C)(C)C=C[C@@H]2n1cc(-c2ccccc2)nn1. The third kappa shape index (κ3) is 2.25. The van der Waals surface area contributed by atoms with Gasteiger partial charge in [0.05, 0.1) is 24.9 Å². The van der Waals surface area contributed by atoms with Crippen molar-refractivity contribution < 1.29 is 24.9 Å². The molecule has 3 N–H and O–H groups in total. The molecule has 1 aromatic carbocycles. The molecule has 8 heteroatoms. The number of ether oxygens (including phenoxy) is 1. The zero-order valence-electron chi connectivity index (χ0n) is 20.4. The lowest BCUT2D eigenvalue weighted by molar-refractivity contribution is -0.447. The van der Waals surface area contributed by atoms with Gasteiger partial charge in [0.15, 0.2) is 5.78 Å². The van der Waals surface area contributed by atoms with Crippen LogP contribution < -0.4 is 0 Å². The Morgan fingerprint density at radius 2 is 1.89 bits per heavy atom. The molecule has 0 amide bonds. The molecule has 36 heavy (non-hydrogen) atoms. The topological polar surface area (TPSA) is 118 Å². The van der Waals surface area contributed by atoms with Crippen LogP contribution in [-0.4, -0.2) is 60.7 Å². The zero-order chi connectivity index (χ0) is 25.3. The molecule has 3 heterocycles. The van der Waals surface area contributed by atoms with Crippen molar-refractivity contribution in [3.8, 4) is 11.3 Å². The van der Waals surface area contributed by atoms with Gasteiger partial charge < -0.3 is 20.1 Å². The van der Waals surface area contributed by atoms with Crippen molar-refractivity contribution in [3.63, 3.8) is 0 Å². The minimum absolute atomic E-state index is 0.133. The number of fused-ring (bicyclic) bond motifs is 2. The maximum absolute atomic E-state index is 13.9. The number of aliphatic hydroxyl groups excluding tert-OH is 2. The normalized spacial score (nSPS) is 46.0. The number of Topliss-reactive ketones (excluding diaryl/α,β-unsaturated/α-hetero) is 1. The van der Waals surface area contributed by atoms with Crippen molar-refractivity contribution in [2.75, 3.05) is 6.61 Å². The Balaban J connectivity index is 1.46. The number of carbonyl (C=O) groups excluding carboxylic acids is 1. The second-order valence-electron chi connectivity index (χ2n) is 12.0. The van der Waals surface area contributed by atoms with E-state index in [2.05, 4.69) is 29.0 Å². The van der Waals surface area contributed by atoms with E-state index in [1.54, 1.807) is 4.68 Å². The number of aliphatic hydroxyl groups is 3. The lowest BCUT2D eigenvalue weighted by Gasteiger charge is -2.74. The fourth-order valence-corrected chi connectivity index (χ4v) is 8.96. The van der Waals surface area contributed by atoms with Crippen molar-refractivity contribution in [1.82, 2.24) is 15.0 Å². The first-order valence-corrected chi connectivity index (χ1v) is 12.7. The number of carbonyl (C=O) groups is 1. The summed E-state index contributed by atoms with van der Waals surface area (Å²) in [5, 5.41) is 44.4. The molecular weight excluding hydrogens is 458 g/mol. The monoisotopic (exact) mass is 489 g/mol. The number of benzene rings is 1. The Hall–Kier alpha value is -2.65. The van der Waals surface area contributed by atoms with Gasteiger partial charge in [-0.1, -0.05) is 68.1 Å². The quantitative estimate of drug-likeness (QED) is 0.438. The highest BCUT2D eigenvalue weighted by Crippen LogP contribution is 2.77. The Morgan fingerprint density at radius 3 is 2.64 bits per heavy atom. The van der Waals surface area contributed by atoms with E-state index in [9.17, 15) is 20.1 Å². The van der Waals surface area contributed by atoms with E-state index in [1.807, 2.05) is 50.4 Å². The van der Waals surface area contributed by atoms with Crippen LogP contribution >= 0.6 is 0 Å². The summed E-state index contributed by atoms with van der Waals surface area (Å²) in [4.78, 5) is 13.9. The predicted octanol–water partition coefficient (Wildman–Crippen LogP) is 2.29. The Labute approximate surface area is 209 Å². The lowest BCUT2D eigenvalue weighted by atomic mass is 9.36. The second-order valence-corrected chi connectivity index (χ2v) is 12.0. The average molecular weight is 490 g/mol. The van der Waals surface area contributed by atoms with Gasteiger partial charge in [-0.2, -0.15) is 0 Å². The van der Waals surface area contributed by atoms with E-state index >= 15 is 0 Å². The molecule has 2 saturated heterocycles. The Morgan fingerprint density at radius 1 is 1.14 bits per heavy atom. The van der Waals surface area contributed by atoms with Crippen LogP contribution in [0.2, 0.25) is 0 Å². The first-order chi connectivity index (χ1) is 17.1. The van der Waals surface area contributed by atoms with Gasteiger partial charge in [0, 0.05) is 22.8 Å². The van der Waals surface area contributed by atoms with Crippen LogP contribution in [0.1, 0.15) is 32.7 Å². The molecule has 9 atom stereocenters. The Kier molecular flexibility index (Phi) is 4.26. The molecule has 8 rings (SSSR count). The molecule has 2 aliphatic heterocycles. The minimum Gasteiger partial charge on any atom is -0.391 e. The van der Waals surface area contributed by atoms with Crippen LogP contribution in [0, 0.1) is 34.0 Å². The predicted molar refractivity (Wildman–Crippen MR) is 129 cm³/mol. The molecule has 6 aliphatic rings. The average Bonchev–Trinajstić information content (AvgIpc) is 3.37. The number of aromatic nitrogens is 3. The van der Waals surface area contributed by atoms with Crippen LogP contribution in [0.5, 0.6) is 0 Å². The van der Waals surface area contributed by atoms with E-state index in [0.29, 0.717) is 18.4 Å². The second kappa shape index (κ2) is 6.81. The van der Waals surface area contributed by atoms with E-state index < -0.39 is 58.0 Å². The lowest BCUT2D eigenvalue weighted by Crippen LogP contribution is -2.84. The molecule has 0 radical (unpaired) electrons. The van der Waals surface area contributed by atoms with Crippen LogP contribution in [-0.2, 0) is 9.53 Å². The van der Waals surface area contributed by atoms with Gasteiger partial charge in [0.1, 0.15) is 17.2 Å². The molecule has 3 saturated carbocycles. The van der Waals surface area contributed by atoms with Crippen molar-refractivity contribution in [2.24, 2.45) is 34.0 Å². The first kappa shape index (κ1) is 22.5. The van der Waals surface area contributed by atoms with E-state index in [-0.39, 0.29) is 12.4 Å². The number of rotatable bonds is 2. The van der Waals surface area contributed by atoms with E-state index in [4.69, 9.17) is 4.74 Å². The molecular formula is C28H31N3O5. The summed E-state index contributed by atoms with van der Waals surface area (Å²) in [6.45, 7) is 8.22. The summed E-state index contributed by atoms with van der Waals surface area (Å²) in [6.07, 6.45) is 4.69. The maximum Gasteiger partial charge on any atom is 0.208 e. The highest BCUT2D eigenvalue weighted by atomic mass is 16.6. The van der Waals surface area contributed by atoms with Gasteiger partial charge in [-0.3, -0.25) is 4.79 Å². The maximum atomic E-state index is 13.9.